The minimum Gasteiger partial charge on any atom is -0.384 e. The van der Waals surface area contributed by atoms with E-state index < -0.39 is 5.60 Å². The molecule has 0 radical (unpaired) electrons. The summed E-state index contributed by atoms with van der Waals surface area (Å²) in [6.45, 7) is 9.61. The summed E-state index contributed by atoms with van der Waals surface area (Å²) in [5.41, 5.74) is -0.164. The minimum atomic E-state index is -1.01. The van der Waals surface area contributed by atoms with E-state index in [1.54, 1.807) is 6.92 Å². The summed E-state index contributed by atoms with van der Waals surface area (Å²) >= 11 is 0. The number of hydrogen-bond acceptors (Lipinski definition) is 5. The number of aromatic nitrogens is 2. The predicted octanol–water partition coefficient (Wildman–Crippen LogP) is 3.21. The zero-order chi connectivity index (χ0) is 19.7. The summed E-state index contributed by atoms with van der Waals surface area (Å²) in [7, 11) is 0. The van der Waals surface area contributed by atoms with Crippen LogP contribution in [0.5, 0.6) is 0 Å². The van der Waals surface area contributed by atoms with Crippen LogP contribution in [-0.2, 0) is 12.0 Å². The fourth-order valence-corrected chi connectivity index (χ4v) is 2.51. The van der Waals surface area contributed by atoms with Crippen LogP contribution in [0.4, 0.5) is 0 Å². The Morgan fingerprint density at radius 1 is 1.25 bits per heavy atom. The highest BCUT2D eigenvalue weighted by Crippen LogP contribution is 2.20. The van der Waals surface area contributed by atoms with E-state index in [-0.39, 0.29) is 36.4 Å². The van der Waals surface area contributed by atoms with Gasteiger partial charge >= 0.3 is 0 Å². The molecule has 2 aromatic rings. The van der Waals surface area contributed by atoms with Crippen molar-refractivity contribution < 1.29 is 9.63 Å². The summed E-state index contributed by atoms with van der Waals surface area (Å²) in [6.07, 6.45) is 1.56. The molecule has 7 nitrogen and oxygen atoms in total. The number of aryl methyl sites for hydroxylation is 1. The van der Waals surface area contributed by atoms with Crippen LogP contribution in [0.3, 0.4) is 0 Å². The predicted molar refractivity (Wildman–Crippen MR) is 122 cm³/mol. The van der Waals surface area contributed by atoms with Gasteiger partial charge in [-0.05, 0) is 25.8 Å². The first-order valence-electron chi connectivity index (χ1n) is 9.55. The number of aliphatic imine (C=N–C) groups is 1. The Bertz CT molecular complexity index is 716. The smallest absolute Gasteiger partial charge is 0.226 e. The molecule has 1 unspecified atom stereocenters. The second-order valence-electron chi connectivity index (χ2n) is 7.07. The number of hydrogen-bond donors (Lipinski definition) is 3. The van der Waals surface area contributed by atoms with Gasteiger partial charge in [0.05, 0.1) is 6.54 Å². The molecule has 28 heavy (non-hydrogen) atoms. The van der Waals surface area contributed by atoms with Gasteiger partial charge in [-0.25, -0.2) is 4.99 Å². The van der Waals surface area contributed by atoms with Crippen LogP contribution in [0.1, 0.15) is 57.3 Å². The topological polar surface area (TPSA) is 95.6 Å². The van der Waals surface area contributed by atoms with Crippen molar-refractivity contribution in [2.24, 2.45) is 4.99 Å². The van der Waals surface area contributed by atoms with Gasteiger partial charge in [0, 0.05) is 25.4 Å². The average Bonchev–Trinajstić information content (AvgIpc) is 3.13. The third-order valence-electron chi connectivity index (χ3n) is 4.15. The van der Waals surface area contributed by atoms with Crippen molar-refractivity contribution in [1.82, 2.24) is 20.8 Å². The first kappa shape index (κ1) is 24.4. The molecular weight excluding hydrogens is 469 g/mol. The lowest BCUT2D eigenvalue weighted by molar-refractivity contribution is 0.0672. The molecule has 3 N–H and O–H groups in total. The van der Waals surface area contributed by atoms with E-state index >= 15 is 0 Å². The van der Waals surface area contributed by atoms with Gasteiger partial charge in [0.25, 0.3) is 0 Å². The number of benzene rings is 1. The van der Waals surface area contributed by atoms with Crippen molar-refractivity contribution in [2.45, 2.75) is 52.1 Å². The third-order valence-corrected chi connectivity index (χ3v) is 4.15. The molecule has 156 valence electrons. The van der Waals surface area contributed by atoms with E-state index in [1.807, 2.05) is 51.1 Å². The lowest BCUT2D eigenvalue weighted by Crippen LogP contribution is -2.39. The molecule has 0 aliphatic heterocycles. The quantitative estimate of drug-likeness (QED) is 0.212. The second kappa shape index (κ2) is 12.0. The molecule has 1 atom stereocenters. The van der Waals surface area contributed by atoms with Gasteiger partial charge < -0.3 is 20.3 Å². The standard InChI is InChI=1S/C20H31N5O2.HI/c1-5-21-19(23-14-20(4,26)16-10-7-6-8-11-16)22-13-9-12-17-24-18(15(2)3)25-27-17;/h6-8,10-11,15,26H,5,9,12-14H2,1-4H3,(H2,21,22,23);1H. The zero-order valence-corrected chi connectivity index (χ0v) is 19.4. The molecule has 0 amide bonds. The largest absolute Gasteiger partial charge is 0.384 e. The highest BCUT2D eigenvalue weighted by Gasteiger charge is 2.22. The Hall–Kier alpha value is -1.68. The number of nitrogens with zero attached hydrogens (tertiary/aromatic N) is 3. The van der Waals surface area contributed by atoms with Crippen LogP contribution < -0.4 is 10.6 Å². The molecule has 0 spiro atoms. The van der Waals surface area contributed by atoms with Gasteiger partial charge in [-0.2, -0.15) is 4.98 Å². The minimum absolute atomic E-state index is 0. The van der Waals surface area contributed by atoms with Crippen molar-refractivity contribution in [3.63, 3.8) is 0 Å². The summed E-state index contributed by atoms with van der Waals surface area (Å²) in [4.78, 5) is 8.91. The number of aliphatic hydroxyl groups is 1. The molecule has 0 fully saturated rings. The maximum Gasteiger partial charge on any atom is 0.226 e. The molecule has 8 heteroatoms. The number of nitrogens with one attached hydrogen (secondary N) is 2. The molecular formula is C20H32IN5O2. The number of rotatable bonds is 9. The fraction of sp³-hybridized carbons (Fsp3) is 0.550. The maximum absolute atomic E-state index is 10.7. The van der Waals surface area contributed by atoms with Crippen molar-refractivity contribution in [2.75, 3.05) is 19.6 Å². The first-order chi connectivity index (χ1) is 12.9. The van der Waals surface area contributed by atoms with E-state index in [1.165, 1.54) is 0 Å². The highest BCUT2D eigenvalue weighted by molar-refractivity contribution is 14.0. The summed E-state index contributed by atoms with van der Waals surface area (Å²) < 4.78 is 5.25. The molecule has 0 aliphatic carbocycles. The molecule has 1 aromatic heterocycles. The van der Waals surface area contributed by atoms with Gasteiger partial charge in [-0.3, -0.25) is 0 Å². The van der Waals surface area contributed by atoms with Gasteiger partial charge in [0.2, 0.25) is 5.89 Å². The molecule has 0 bridgehead atoms. The SMILES string of the molecule is CCNC(=NCC(C)(O)c1ccccc1)NCCCc1nc(C(C)C)no1.I. The maximum atomic E-state index is 10.7. The third kappa shape index (κ3) is 7.75. The summed E-state index contributed by atoms with van der Waals surface area (Å²) in [6, 6.07) is 9.58. The van der Waals surface area contributed by atoms with Crippen LogP contribution in [-0.4, -0.2) is 40.8 Å². The first-order valence-corrected chi connectivity index (χ1v) is 9.55. The normalized spacial score (nSPS) is 13.7. The van der Waals surface area contributed by atoms with Crippen LogP contribution in [0.25, 0.3) is 0 Å². The molecule has 1 heterocycles. The van der Waals surface area contributed by atoms with Crippen molar-refractivity contribution in [3.05, 3.63) is 47.6 Å². The Morgan fingerprint density at radius 3 is 2.57 bits per heavy atom. The molecule has 0 saturated heterocycles. The fourth-order valence-electron chi connectivity index (χ4n) is 2.51. The van der Waals surface area contributed by atoms with Gasteiger partial charge in [0.1, 0.15) is 5.60 Å². The Labute approximate surface area is 184 Å². The van der Waals surface area contributed by atoms with Crippen molar-refractivity contribution >= 4 is 29.9 Å². The lowest BCUT2D eigenvalue weighted by Gasteiger charge is -2.22. The van der Waals surface area contributed by atoms with E-state index in [9.17, 15) is 5.11 Å². The van der Waals surface area contributed by atoms with E-state index in [4.69, 9.17) is 4.52 Å². The summed E-state index contributed by atoms with van der Waals surface area (Å²) in [5.74, 6) is 2.36. The van der Waals surface area contributed by atoms with Gasteiger partial charge in [0.15, 0.2) is 11.8 Å². The van der Waals surface area contributed by atoms with Gasteiger partial charge in [-0.15, -0.1) is 24.0 Å². The Balaban J connectivity index is 0.00000392. The molecule has 0 saturated carbocycles. The Morgan fingerprint density at radius 2 is 1.96 bits per heavy atom. The van der Waals surface area contributed by atoms with Crippen molar-refractivity contribution in [3.8, 4) is 0 Å². The van der Waals surface area contributed by atoms with E-state index in [2.05, 4.69) is 25.8 Å². The average molecular weight is 501 g/mol. The monoisotopic (exact) mass is 501 g/mol. The second-order valence-corrected chi connectivity index (χ2v) is 7.07. The van der Waals surface area contributed by atoms with Crippen molar-refractivity contribution in [1.29, 1.82) is 0 Å². The van der Waals surface area contributed by atoms with Crippen LogP contribution in [0.15, 0.2) is 39.8 Å². The molecule has 0 aliphatic rings. The van der Waals surface area contributed by atoms with Gasteiger partial charge in [-0.1, -0.05) is 49.3 Å². The highest BCUT2D eigenvalue weighted by atomic mass is 127. The molecule has 1 aromatic carbocycles. The Kier molecular flexibility index (Phi) is 10.4. The van der Waals surface area contributed by atoms with E-state index in [0.717, 1.165) is 30.9 Å². The zero-order valence-electron chi connectivity index (χ0n) is 17.1. The number of guanidine groups is 1. The van der Waals surface area contributed by atoms with E-state index in [0.29, 0.717) is 18.3 Å². The number of halogens is 1. The molecule has 2 rings (SSSR count). The van der Waals surface area contributed by atoms with Crippen LogP contribution in [0.2, 0.25) is 0 Å². The lowest BCUT2D eigenvalue weighted by atomic mass is 9.96. The van der Waals surface area contributed by atoms with Crippen LogP contribution in [0, 0.1) is 0 Å². The summed E-state index contributed by atoms with van der Waals surface area (Å²) in [5, 5.41) is 21.1. The van der Waals surface area contributed by atoms with Crippen LogP contribution >= 0.6 is 24.0 Å².